The maximum Gasteiger partial charge on any atom is 0.472 e. The summed E-state index contributed by atoms with van der Waals surface area (Å²) in [5.41, 5.74) is 5.33. The minimum Gasteiger partial charge on any atom is -0.462 e. The van der Waals surface area contributed by atoms with Gasteiger partial charge in [-0.25, -0.2) is 4.57 Å². The number of carbonyl (C=O) groups excluding carboxylic acids is 2. The quantitative estimate of drug-likeness (QED) is 0.0282. The Hall–Kier alpha value is -2.55. The summed E-state index contributed by atoms with van der Waals surface area (Å²) in [5.74, 6) is -0.928. The molecule has 0 heterocycles. The van der Waals surface area contributed by atoms with Gasteiger partial charge in [0, 0.05) is 19.4 Å². The first kappa shape index (κ1) is 48.5. The number of unbranched alkanes of at least 4 members (excludes halogenated alkanes) is 10. The van der Waals surface area contributed by atoms with Crippen LogP contribution in [0, 0.1) is 0 Å². The third kappa shape index (κ3) is 37.0. The first-order chi connectivity index (χ1) is 24.8. The van der Waals surface area contributed by atoms with Crippen LogP contribution in [-0.2, 0) is 32.7 Å². The number of phosphoric acid groups is 1. The van der Waals surface area contributed by atoms with Crippen LogP contribution in [0.4, 0.5) is 0 Å². The third-order valence-corrected chi connectivity index (χ3v) is 8.55. The zero-order chi connectivity index (χ0) is 37.5. The number of hydrogen-bond donors (Lipinski definition) is 2. The number of phosphoric ester groups is 1. The lowest BCUT2D eigenvalue weighted by Crippen LogP contribution is -2.29. The summed E-state index contributed by atoms with van der Waals surface area (Å²) in [4.78, 5) is 34.7. The van der Waals surface area contributed by atoms with E-state index in [0.29, 0.717) is 12.8 Å². The summed E-state index contributed by atoms with van der Waals surface area (Å²) >= 11 is 0. The minimum atomic E-state index is -4.39. The smallest absolute Gasteiger partial charge is 0.462 e. The van der Waals surface area contributed by atoms with Crippen molar-refractivity contribution in [3.63, 3.8) is 0 Å². The molecule has 0 spiro atoms. The third-order valence-electron chi connectivity index (χ3n) is 7.56. The van der Waals surface area contributed by atoms with Crippen LogP contribution in [0.1, 0.15) is 142 Å². The lowest BCUT2D eigenvalue weighted by Gasteiger charge is -2.19. The van der Waals surface area contributed by atoms with Crippen LogP contribution in [0.15, 0.2) is 72.9 Å². The lowest BCUT2D eigenvalue weighted by molar-refractivity contribution is -0.161. The van der Waals surface area contributed by atoms with Crippen LogP contribution in [0.3, 0.4) is 0 Å². The van der Waals surface area contributed by atoms with Gasteiger partial charge in [-0.2, -0.15) is 0 Å². The number of carbonyl (C=O) groups is 2. The van der Waals surface area contributed by atoms with Gasteiger partial charge in [-0.1, -0.05) is 112 Å². The van der Waals surface area contributed by atoms with Gasteiger partial charge in [0.2, 0.25) is 0 Å². The van der Waals surface area contributed by atoms with Crippen LogP contribution >= 0.6 is 7.82 Å². The molecule has 0 aromatic heterocycles. The molecule has 1 unspecified atom stereocenters. The molecule has 10 heteroatoms. The molecule has 0 amide bonds. The fourth-order valence-corrected chi connectivity index (χ4v) is 5.41. The molecular weight excluding hydrogens is 665 g/mol. The van der Waals surface area contributed by atoms with Gasteiger partial charge in [0.05, 0.1) is 13.2 Å². The van der Waals surface area contributed by atoms with Gasteiger partial charge in [-0.05, 0) is 89.9 Å². The number of rotatable bonds is 35. The average Bonchev–Trinajstić information content (AvgIpc) is 3.11. The van der Waals surface area contributed by atoms with E-state index in [2.05, 4.69) is 86.8 Å². The molecule has 0 rings (SSSR count). The van der Waals surface area contributed by atoms with E-state index in [9.17, 15) is 19.0 Å². The first-order valence-electron chi connectivity index (χ1n) is 19.4. The van der Waals surface area contributed by atoms with Crippen molar-refractivity contribution in [2.45, 2.75) is 148 Å². The Morgan fingerprint density at radius 1 is 0.588 bits per heavy atom. The molecule has 0 saturated heterocycles. The van der Waals surface area contributed by atoms with Gasteiger partial charge in [-0.3, -0.25) is 18.6 Å². The molecule has 0 aromatic rings. The predicted octanol–water partition coefficient (Wildman–Crippen LogP) is 10.7. The van der Waals surface area contributed by atoms with E-state index in [4.69, 9.17) is 24.3 Å². The summed E-state index contributed by atoms with van der Waals surface area (Å²) in [6.45, 7) is 3.55. The maximum absolute atomic E-state index is 12.5. The molecule has 0 bridgehead atoms. The molecular formula is C41H70NO8P. The van der Waals surface area contributed by atoms with Crippen molar-refractivity contribution in [2.24, 2.45) is 5.73 Å². The molecule has 0 saturated carbocycles. The molecule has 0 aliphatic rings. The standard InChI is InChI=1S/C41H70NO8P/c1-3-5-7-9-11-13-15-17-19-21-23-25-27-29-31-33-40(43)47-37-39(38-49-51(45,46)48-36-35-42)50-41(44)34-32-30-28-26-24-22-20-18-16-14-12-10-8-6-4-2/h11-14,17-20,23-26,39H,3-10,15-16,21-22,27-38,42H2,1-2H3,(H,45,46)/b13-11-,14-12-,19-17-,20-18-,25-23-,26-24-/t39-/m1/s1. The topological polar surface area (TPSA) is 134 Å². The minimum absolute atomic E-state index is 0.0383. The molecule has 51 heavy (non-hydrogen) atoms. The monoisotopic (exact) mass is 735 g/mol. The normalized spacial score (nSPS) is 14.2. The fraction of sp³-hybridized carbons (Fsp3) is 0.659. The fourth-order valence-electron chi connectivity index (χ4n) is 4.64. The Bertz CT molecular complexity index is 1070. The molecule has 3 N–H and O–H groups in total. The molecule has 9 nitrogen and oxygen atoms in total. The van der Waals surface area contributed by atoms with E-state index in [1.54, 1.807) is 0 Å². The van der Waals surface area contributed by atoms with Gasteiger partial charge < -0.3 is 20.1 Å². The number of allylic oxidation sites excluding steroid dienone is 12. The van der Waals surface area contributed by atoms with Gasteiger partial charge in [0.25, 0.3) is 0 Å². The van der Waals surface area contributed by atoms with Crippen molar-refractivity contribution in [1.29, 1.82) is 0 Å². The van der Waals surface area contributed by atoms with E-state index in [1.807, 2.05) is 0 Å². The summed E-state index contributed by atoms with van der Waals surface area (Å²) in [5, 5.41) is 0. The van der Waals surface area contributed by atoms with Crippen LogP contribution in [0.25, 0.3) is 0 Å². The molecule has 0 aliphatic heterocycles. The van der Waals surface area contributed by atoms with Gasteiger partial charge in [0.1, 0.15) is 6.61 Å². The first-order valence-corrected chi connectivity index (χ1v) is 20.9. The highest BCUT2D eigenvalue weighted by atomic mass is 31.2. The molecule has 292 valence electrons. The summed E-state index contributed by atoms with van der Waals surface area (Å²) < 4.78 is 32.6. The largest absolute Gasteiger partial charge is 0.472 e. The van der Waals surface area contributed by atoms with Crippen molar-refractivity contribution < 1.29 is 37.6 Å². The Labute approximate surface area is 310 Å². The van der Waals surface area contributed by atoms with E-state index >= 15 is 0 Å². The van der Waals surface area contributed by atoms with Crippen molar-refractivity contribution >= 4 is 19.8 Å². The highest BCUT2D eigenvalue weighted by Gasteiger charge is 2.25. The van der Waals surface area contributed by atoms with Crippen LogP contribution in [0.2, 0.25) is 0 Å². The molecule has 0 fully saturated rings. The van der Waals surface area contributed by atoms with E-state index < -0.39 is 32.5 Å². The number of ether oxygens (including phenoxy) is 2. The van der Waals surface area contributed by atoms with Gasteiger partial charge in [0.15, 0.2) is 6.10 Å². The van der Waals surface area contributed by atoms with Crippen molar-refractivity contribution in [3.8, 4) is 0 Å². The number of esters is 2. The van der Waals surface area contributed by atoms with Crippen LogP contribution < -0.4 is 5.73 Å². The maximum atomic E-state index is 12.5. The second-order valence-corrected chi connectivity index (χ2v) is 13.9. The Morgan fingerprint density at radius 3 is 1.43 bits per heavy atom. The van der Waals surface area contributed by atoms with Crippen molar-refractivity contribution in [1.82, 2.24) is 0 Å². The zero-order valence-electron chi connectivity index (χ0n) is 31.8. The van der Waals surface area contributed by atoms with E-state index in [1.165, 1.54) is 38.5 Å². The predicted molar refractivity (Wildman–Crippen MR) is 210 cm³/mol. The average molecular weight is 736 g/mol. The highest BCUT2D eigenvalue weighted by Crippen LogP contribution is 2.43. The lowest BCUT2D eigenvalue weighted by atomic mass is 10.1. The molecule has 0 radical (unpaired) electrons. The number of hydrogen-bond acceptors (Lipinski definition) is 8. The van der Waals surface area contributed by atoms with Gasteiger partial charge >= 0.3 is 19.8 Å². The Balaban J connectivity index is 4.38. The van der Waals surface area contributed by atoms with E-state index in [-0.39, 0.29) is 32.6 Å². The molecule has 0 aliphatic carbocycles. The van der Waals surface area contributed by atoms with Crippen molar-refractivity contribution in [3.05, 3.63) is 72.9 Å². The second kappa shape index (κ2) is 37.2. The van der Waals surface area contributed by atoms with Gasteiger partial charge in [-0.15, -0.1) is 0 Å². The Kier molecular flexibility index (Phi) is 35.4. The second-order valence-electron chi connectivity index (χ2n) is 12.4. The SMILES string of the molecule is CCCCC/C=C\C/C=C\C/C=C\CCCCC(=O)OC[C@H](COP(=O)(O)OCCN)OC(=O)CCCC/C=C\C/C=C\C/C=C\CCCCC. The van der Waals surface area contributed by atoms with Crippen LogP contribution in [-0.4, -0.2) is 49.3 Å². The highest BCUT2D eigenvalue weighted by molar-refractivity contribution is 7.47. The number of nitrogens with two attached hydrogens (primary N) is 1. The molecule has 0 aromatic carbocycles. The molecule has 2 atom stereocenters. The van der Waals surface area contributed by atoms with E-state index in [0.717, 1.165) is 64.2 Å². The summed E-state index contributed by atoms with van der Waals surface area (Å²) in [6.07, 6.45) is 43.6. The summed E-state index contributed by atoms with van der Waals surface area (Å²) in [6, 6.07) is 0. The zero-order valence-corrected chi connectivity index (χ0v) is 32.7. The Morgan fingerprint density at radius 2 is 1.00 bits per heavy atom. The van der Waals surface area contributed by atoms with Crippen LogP contribution in [0.5, 0.6) is 0 Å². The summed E-state index contributed by atoms with van der Waals surface area (Å²) in [7, 11) is -4.39. The van der Waals surface area contributed by atoms with Crippen molar-refractivity contribution in [2.75, 3.05) is 26.4 Å².